The summed E-state index contributed by atoms with van der Waals surface area (Å²) in [5, 5.41) is 6.77. The lowest BCUT2D eigenvalue weighted by molar-refractivity contribution is 0.911. The van der Waals surface area contributed by atoms with Crippen molar-refractivity contribution in [2.24, 2.45) is 5.10 Å². The van der Waals surface area contributed by atoms with E-state index in [1.165, 1.54) is 0 Å². The van der Waals surface area contributed by atoms with Crippen LogP contribution < -0.4 is 10.7 Å². The van der Waals surface area contributed by atoms with Crippen molar-refractivity contribution < 1.29 is 0 Å². The van der Waals surface area contributed by atoms with Crippen LogP contribution in [0.3, 0.4) is 0 Å². The average molecular weight is 173 g/mol. The zero-order chi connectivity index (χ0) is 8.36. The van der Waals surface area contributed by atoms with Gasteiger partial charge in [-0.15, -0.1) is 11.8 Å². The molecular weight excluding hydrogens is 158 g/mol. The van der Waals surface area contributed by atoms with E-state index < -0.39 is 0 Å². The summed E-state index contributed by atoms with van der Waals surface area (Å²) in [5.41, 5.74) is 4.50. The Labute approximate surface area is 72.3 Å². The van der Waals surface area contributed by atoms with Crippen LogP contribution in [-0.2, 0) is 0 Å². The Hall–Kier alpha value is -0.640. The van der Waals surface area contributed by atoms with Gasteiger partial charge in [0, 0.05) is 19.8 Å². The van der Waals surface area contributed by atoms with Crippen LogP contribution in [0.1, 0.15) is 6.42 Å². The second kappa shape index (κ2) is 9.36. The number of thioether (sulfide) groups is 1. The van der Waals surface area contributed by atoms with Crippen LogP contribution in [0.5, 0.6) is 0 Å². The highest BCUT2D eigenvalue weighted by molar-refractivity contribution is 8.12. The summed E-state index contributed by atoms with van der Waals surface area (Å²) in [7, 11) is 3.68. The molecule has 11 heavy (non-hydrogen) atoms. The van der Waals surface area contributed by atoms with E-state index in [4.69, 9.17) is 0 Å². The first-order valence-electron chi connectivity index (χ1n) is 3.54. The fourth-order valence-electron chi connectivity index (χ4n) is 0.480. The van der Waals surface area contributed by atoms with Crippen molar-refractivity contribution in [3.8, 4) is 0 Å². The normalized spacial score (nSPS) is 11.1. The third-order valence-corrected chi connectivity index (χ3v) is 1.67. The summed E-state index contributed by atoms with van der Waals surface area (Å²) in [6.45, 7) is 0. The van der Waals surface area contributed by atoms with E-state index in [1.54, 1.807) is 18.8 Å². The Morgan fingerprint density at radius 2 is 2.27 bits per heavy atom. The summed E-state index contributed by atoms with van der Waals surface area (Å²) in [6, 6.07) is 0. The average Bonchev–Trinajstić information content (AvgIpc) is 2.03. The second-order valence-corrected chi connectivity index (χ2v) is 2.76. The van der Waals surface area contributed by atoms with Crippen molar-refractivity contribution in [2.45, 2.75) is 6.42 Å². The van der Waals surface area contributed by atoms with Gasteiger partial charge in [-0.05, 0) is 12.6 Å². The van der Waals surface area contributed by atoms with Gasteiger partial charge in [0.25, 0.3) is 0 Å². The third-order valence-electron chi connectivity index (χ3n) is 0.943. The van der Waals surface area contributed by atoms with Gasteiger partial charge in [0.2, 0.25) is 0 Å². The largest absolute Gasteiger partial charge is 0.394 e. The first-order chi connectivity index (χ1) is 5.41. The maximum atomic E-state index is 3.84. The van der Waals surface area contributed by atoms with Gasteiger partial charge in [0.15, 0.2) is 0 Å². The Bertz CT molecular complexity index is 109. The predicted molar refractivity (Wildman–Crippen MR) is 52.8 cm³/mol. The molecule has 0 aromatic carbocycles. The first kappa shape index (κ1) is 10.4. The molecule has 0 spiro atoms. The van der Waals surface area contributed by atoms with Gasteiger partial charge >= 0.3 is 0 Å². The lowest BCUT2D eigenvalue weighted by atomic mass is 10.5. The molecule has 0 saturated heterocycles. The zero-order valence-electron chi connectivity index (χ0n) is 7.00. The molecule has 0 aliphatic rings. The molecule has 0 unspecified atom stereocenters. The van der Waals surface area contributed by atoms with Gasteiger partial charge in [0.05, 0.1) is 5.55 Å². The number of allylic oxidation sites excluding steroid dienone is 1. The van der Waals surface area contributed by atoms with Gasteiger partial charge in [0.1, 0.15) is 0 Å². The highest BCUT2D eigenvalue weighted by Gasteiger charge is 1.79. The first-order valence-corrected chi connectivity index (χ1v) is 4.59. The molecule has 3 nitrogen and oxygen atoms in total. The maximum absolute atomic E-state index is 3.84. The van der Waals surface area contributed by atoms with Crippen LogP contribution in [0.4, 0.5) is 0 Å². The van der Waals surface area contributed by atoms with E-state index in [-0.39, 0.29) is 0 Å². The molecule has 0 aromatic rings. The maximum Gasteiger partial charge on any atom is 0.0797 e. The number of hydrogen-bond donors (Lipinski definition) is 2. The third kappa shape index (κ3) is 9.36. The molecule has 2 N–H and O–H groups in total. The molecule has 0 aromatic heterocycles. The minimum Gasteiger partial charge on any atom is -0.394 e. The van der Waals surface area contributed by atoms with Crippen LogP contribution in [0, 0.1) is 0 Å². The van der Waals surface area contributed by atoms with E-state index in [0.717, 1.165) is 12.2 Å². The van der Waals surface area contributed by atoms with Gasteiger partial charge in [-0.3, -0.25) is 0 Å². The lowest BCUT2D eigenvalue weighted by Gasteiger charge is -1.90. The predicted octanol–water partition coefficient (Wildman–Crippen LogP) is 1.01. The second-order valence-electron chi connectivity index (χ2n) is 1.81. The van der Waals surface area contributed by atoms with Crippen LogP contribution >= 0.6 is 11.8 Å². The van der Waals surface area contributed by atoms with Crippen molar-refractivity contribution in [3.63, 3.8) is 0 Å². The van der Waals surface area contributed by atoms with Crippen LogP contribution in [0.25, 0.3) is 0 Å². The summed E-state index contributed by atoms with van der Waals surface area (Å²) in [4.78, 5) is 0. The number of nitrogens with zero attached hydrogens (tertiary/aromatic N) is 1. The van der Waals surface area contributed by atoms with Gasteiger partial charge < -0.3 is 10.7 Å². The van der Waals surface area contributed by atoms with E-state index in [1.807, 2.05) is 18.8 Å². The zero-order valence-corrected chi connectivity index (χ0v) is 7.82. The van der Waals surface area contributed by atoms with E-state index in [9.17, 15) is 0 Å². The van der Waals surface area contributed by atoms with E-state index in [0.29, 0.717) is 0 Å². The fraction of sp³-hybridized carbons (Fsp3) is 0.571. The summed E-state index contributed by atoms with van der Waals surface area (Å²) in [6.07, 6.45) is 5.11. The molecule has 0 amide bonds. The summed E-state index contributed by atoms with van der Waals surface area (Å²) >= 11 is 1.70. The van der Waals surface area contributed by atoms with Crippen LogP contribution in [0.2, 0.25) is 0 Å². The highest BCUT2D eigenvalue weighted by Crippen LogP contribution is 1.97. The molecule has 0 fully saturated rings. The van der Waals surface area contributed by atoms with E-state index >= 15 is 0 Å². The van der Waals surface area contributed by atoms with Crippen molar-refractivity contribution in [1.29, 1.82) is 0 Å². The monoisotopic (exact) mass is 173 g/mol. The standard InChI is InChI=1S/C7H15N3S/c1-8-5-3-4-6-11-7-10-9-2/h3,5,7-9H,4,6H2,1-2H3/b5-3-,10-7+. The molecule has 0 saturated carbocycles. The molecule has 0 rings (SSSR count). The minimum atomic E-state index is 1.07. The topological polar surface area (TPSA) is 36.4 Å². The molecule has 64 valence electrons. The smallest absolute Gasteiger partial charge is 0.0797 e. The highest BCUT2D eigenvalue weighted by atomic mass is 32.2. The Balaban J connectivity index is 3.02. The number of hydrazone groups is 1. The molecule has 0 heterocycles. The molecule has 0 aliphatic heterocycles. The quantitative estimate of drug-likeness (QED) is 0.272. The number of rotatable bonds is 6. The Morgan fingerprint density at radius 3 is 2.91 bits per heavy atom. The fourth-order valence-corrected chi connectivity index (χ4v) is 1.04. The van der Waals surface area contributed by atoms with Crippen LogP contribution in [0.15, 0.2) is 17.4 Å². The van der Waals surface area contributed by atoms with Gasteiger partial charge in [-0.25, -0.2) is 0 Å². The summed E-state index contributed by atoms with van der Waals surface area (Å²) in [5.74, 6) is 1.07. The molecule has 0 radical (unpaired) electrons. The van der Waals surface area contributed by atoms with E-state index in [2.05, 4.69) is 21.9 Å². The van der Waals surface area contributed by atoms with Crippen molar-refractivity contribution in [3.05, 3.63) is 12.3 Å². The lowest BCUT2D eigenvalue weighted by Crippen LogP contribution is -1.92. The number of hydrogen-bond acceptors (Lipinski definition) is 4. The number of nitrogens with one attached hydrogen (secondary N) is 2. The summed E-state index contributed by atoms with van der Waals surface area (Å²) < 4.78 is 0. The molecule has 0 bridgehead atoms. The molecule has 0 atom stereocenters. The Morgan fingerprint density at radius 1 is 1.45 bits per heavy atom. The minimum absolute atomic E-state index is 1.07. The van der Waals surface area contributed by atoms with Gasteiger partial charge in [-0.2, -0.15) is 5.10 Å². The molecular formula is C7H15N3S. The van der Waals surface area contributed by atoms with Crippen molar-refractivity contribution in [1.82, 2.24) is 10.7 Å². The Kier molecular flexibility index (Phi) is 8.82. The SMILES string of the molecule is CN/C=C\CCS/C=N/NC. The van der Waals surface area contributed by atoms with Crippen LogP contribution in [-0.4, -0.2) is 25.4 Å². The van der Waals surface area contributed by atoms with Crippen molar-refractivity contribution in [2.75, 3.05) is 19.8 Å². The van der Waals surface area contributed by atoms with Crippen molar-refractivity contribution >= 4 is 17.3 Å². The molecule has 4 heteroatoms. The molecule has 0 aliphatic carbocycles. The van der Waals surface area contributed by atoms with Gasteiger partial charge in [-0.1, -0.05) is 6.08 Å².